The average Bonchev–Trinajstić information content (AvgIpc) is 3.31. The fourth-order valence-corrected chi connectivity index (χ4v) is 7.15. The van der Waals surface area contributed by atoms with Crippen molar-refractivity contribution in [3.8, 4) is 0 Å². The third-order valence-corrected chi connectivity index (χ3v) is 9.84. The van der Waals surface area contributed by atoms with Crippen molar-refractivity contribution in [2.24, 2.45) is 0 Å². The molecule has 8 heteroatoms. The maximum absolute atomic E-state index is 13.2. The number of sulfonamides is 1. The molecule has 1 aliphatic heterocycles. The molecule has 2 heterocycles. The predicted octanol–water partition coefficient (Wildman–Crippen LogP) is 5.88. The molecular formula is C33H34N4O3S. The van der Waals surface area contributed by atoms with Gasteiger partial charge in [0.2, 0.25) is 10.0 Å². The molecule has 41 heavy (non-hydrogen) atoms. The Morgan fingerprint density at radius 3 is 2.29 bits per heavy atom. The summed E-state index contributed by atoms with van der Waals surface area (Å²) in [5.74, 6) is -0.153. The van der Waals surface area contributed by atoms with Crippen molar-refractivity contribution < 1.29 is 13.2 Å². The van der Waals surface area contributed by atoms with Crippen LogP contribution < -0.4 is 5.32 Å². The average molecular weight is 567 g/mol. The van der Waals surface area contributed by atoms with Crippen molar-refractivity contribution >= 4 is 43.4 Å². The monoisotopic (exact) mass is 566 g/mol. The van der Waals surface area contributed by atoms with E-state index in [1.165, 1.54) is 10.9 Å². The Hall–Kier alpha value is -3.98. The van der Waals surface area contributed by atoms with Crippen molar-refractivity contribution in [2.45, 2.75) is 31.8 Å². The van der Waals surface area contributed by atoms with E-state index in [9.17, 15) is 13.2 Å². The highest BCUT2D eigenvalue weighted by Crippen LogP contribution is 2.31. The van der Waals surface area contributed by atoms with Gasteiger partial charge in [0.15, 0.2) is 0 Å². The Bertz CT molecular complexity index is 1840. The zero-order chi connectivity index (χ0) is 28.6. The number of carbonyl (C=O) groups is 1. The molecule has 4 aromatic carbocycles. The summed E-state index contributed by atoms with van der Waals surface area (Å²) in [6.07, 6.45) is 0. The van der Waals surface area contributed by atoms with E-state index >= 15 is 0 Å². The lowest BCUT2D eigenvalue weighted by atomic mass is 10.1. The Labute approximate surface area is 241 Å². The number of nitrogens with zero attached hydrogens (tertiary/aromatic N) is 3. The molecule has 6 rings (SSSR count). The molecule has 1 aliphatic rings. The van der Waals surface area contributed by atoms with E-state index in [0.29, 0.717) is 43.2 Å². The lowest BCUT2D eigenvalue weighted by molar-refractivity contribution is 0.102. The van der Waals surface area contributed by atoms with Gasteiger partial charge in [0.05, 0.1) is 4.90 Å². The normalized spacial score (nSPS) is 15.0. The minimum absolute atomic E-state index is 0.153. The van der Waals surface area contributed by atoms with E-state index in [2.05, 4.69) is 52.0 Å². The number of benzene rings is 4. The maximum atomic E-state index is 13.2. The molecule has 1 fully saturated rings. The number of fused-ring (bicyclic) bond motifs is 3. The summed E-state index contributed by atoms with van der Waals surface area (Å²) >= 11 is 0. The summed E-state index contributed by atoms with van der Waals surface area (Å²) in [6, 6.07) is 29.1. The molecule has 0 bridgehead atoms. The molecule has 1 saturated heterocycles. The SMILES string of the molecule is CCn1c2ccccc2c2cc(NC(=O)c3cccc(CN4CCN(S(=O)(=O)c5ccc(C)cc5)CC4)c3)ccc21. The van der Waals surface area contributed by atoms with Crippen LogP contribution in [-0.4, -0.2) is 54.3 Å². The fraction of sp³-hybridized carbons (Fsp3) is 0.242. The van der Waals surface area contributed by atoms with Crippen molar-refractivity contribution in [1.82, 2.24) is 13.8 Å². The lowest BCUT2D eigenvalue weighted by Crippen LogP contribution is -2.48. The predicted molar refractivity (Wildman–Crippen MR) is 165 cm³/mol. The van der Waals surface area contributed by atoms with Crippen molar-refractivity contribution in [1.29, 1.82) is 0 Å². The number of piperazine rings is 1. The first kappa shape index (κ1) is 27.2. The van der Waals surface area contributed by atoms with Gasteiger partial charge in [-0.2, -0.15) is 4.31 Å². The largest absolute Gasteiger partial charge is 0.341 e. The third kappa shape index (κ3) is 5.38. The Balaban J connectivity index is 1.12. The van der Waals surface area contributed by atoms with E-state index < -0.39 is 10.0 Å². The van der Waals surface area contributed by atoms with Gasteiger partial charge in [-0.05, 0) is 67.9 Å². The number of anilines is 1. The number of hydrogen-bond acceptors (Lipinski definition) is 4. The molecule has 0 unspecified atom stereocenters. The van der Waals surface area contributed by atoms with Crippen LogP contribution in [0.2, 0.25) is 0 Å². The van der Waals surface area contributed by atoms with E-state index in [0.717, 1.165) is 34.3 Å². The van der Waals surface area contributed by atoms with Crippen molar-refractivity contribution in [3.05, 3.63) is 108 Å². The van der Waals surface area contributed by atoms with Gasteiger partial charge in [-0.3, -0.25) is 9.69 Å². The first-order chi connectivity index (χ1) is 19.8. The van der Waals surface area contributed by atoms with Gasteiger partial charge in [0, 0.05) is 72.3 Å². The Kier molecular flexibility index (Phi) is 7.38. The molecule has 1 amide bonds. The minimum Gasteiger partial charge on any atom is -0.341 e. The number of rotatable bonds is 7. The molecule has 0 atom stereocenters. The third-order valence-electron chi connectivity index (χ3n) is 7.93. The summed E-state index contributed by atoms with van der Waals surface area (Å²) in [6.45, 7) is 7.75. The van der Waals surface area contributed by atoms with Crippen LogP contribution in [0.1, 0.15) is 28.4 Å². The second-order valence-corrected chi connectivity index (χ2v) is 12.6. The van der Waals surface area contributed by atoms with E-state index in [1.54, 1.807) is 16.4 Å². The molecular weight excluding hydrogens is 532 g/mol. The first-order valence-electron chi connectivity index (χ1n) is 14.0. The molecule has 0 spiro atoms. The highest BCUT2D eigenvalue weighted by molar-refractivity contribution is 7.89. The molecule has 210 valence electrons. The molecule has 5 aromatic rings. The number of amides is 1. The van der Waals surface area contributed by atoms with Crippen LogP contribution in [0.15, 0.2) is 95.9 Å². The molecule has 7 nitrogen and oxygen atoms in total. The lowest BCUT2D eigenvalue weighted by Gasteiger charge is -2.34. The van der Waals surface area contributed by atoms with Crippen LogP contribution >= 0.6 is 0 Å². The van der Waals surface area contributed by atoms with Gasteiger partial charge < -0.3 is 9.88 Å². The van der Waals surface area contributed by atoms with Crippen LogP contribution in [-0.2, 0) is 23.1 Å². The maximum Gasteiger partial charge on any atom is 0.255 e. The van der Waals surface area contributed by atoms with Crippen LogP contribution in [0.25, 0.3) is 21.8 Å². The van der Waals surface area contributed by atoms with Crippen molar-refractivity contribution in [2.75, 3.05) is 31.5 Å². The zero-order valence-electron chi connectivity index (χ0n) is 23.4. The summed E-state index contributed by atoms with van der Waals surface area (Å²) in [5, 5.41) is 5.38. The Morgan fingerprint density at radius 1 is 0.805 bits per heavy atom. The van der Waals surface area contributed by atoms with Gasteiger partial charge in [-0.15, -0.1) is 0 Å². The van der Waals surface area contributed by atoms with E-state index in [4.69, 9.17) is 0 Å². The van der Waals surface area contributed by atoms with Crippen LogP contribution in [0.5, 0.6) is 0 Å². The smallest absolute Gasteiger partial charge is 0.255 e. The second kappa shape index (κ2) is 11.1. The number of hydrogen-bond donors (Lipinski definition) is 1. The van der Waals surface area contributed by atoms with E-state index in [1.807, 2.05) is 55.5 Å². The molecule has 1 N–H and O–H groups in total. The zero-order valence-corrected chi connectivity index (χ0v) is 24.2. The first-order valence-corrected chi connectivity index (χ1v) is 15.5. The number of aromatic nitrogens is 1. The summed E-state index contributed by atoms with van der Waals surface area (Å²) < 4.78 is 29.9. The van der Waals surface area contributed by atoms with Crippen LogP contribution in [0.3, 0.4) is 0 Å². The Morgan fingerprint density at radius 2 is 1.54 bits per heavy atom. The standard InChI is InChI=1S/C33H34N4O3S/c1-3-37-31-10-5-4-9-29(31)30-22-27(13-16-32(30)37)34-33(38)26-8-6-7-25(21-26)23-35-17-19-36(20-18-35)41(39,40)28-14-11-24(2)12-15-28/h4-16,21-22H,3,17-20,23H2,1-2H3,(H,34,38). The van der Waals surface area contributed by atoms with Gasteiger partial charge in [-0.1, -0.05) is 48.0 Å². The number of carbonyl (C=O) groups excluding carboxylic acids is 1. The summed E-state index contributed by atoms with van der Waals surface area (Å²) in [5.41, 5.74) is 5.76. The van der Waals surface area contributed by atoms with E-state index in [-0.39, 0.29) is 5.91 Å². The summed E-state index contributed by atoms with van der Waals surface area (Å²) in [7, 11) is -3.50. The quantitative estimate of drug-likeness (QED) is 0.267. The minimum atomic E-state index is -3.50. The number of aryl methyl sites for hydroxylation is 2. The van der Waals surface area contributed by atoms with Crippen LogP contribution in [0.4, 0.5) is 5.69 Å². The van der Waals surface area contributed by atoms with Gasteiger partial charge >= 0.3 is 0 Å². The molecule has 1 aromatic heterocycles. The topological polar surface area (TPSA) is 74.7 Å². The van der Waals surface area contributed by atoms with Crippen molar-refractivity contribution in [3.63, 3.8) is 0 Å². The fourth-order valence-electron chi connectivity index (χ4n) is 5.73. The van der Waals surface area contributed by atoms with Gasteiger partial charge in [0.1, 0.15) is 0 Å². The highest BCUT2D eigenvalue weighted by atomic mass is 32.2. The van der Waals surface area contributed by atoms with Crippen LogP contribution in [0, 0.1) is 6.92 Å². The molecule has 0 saturated carbocycles. The number of para-hydroxylation sites is 1. The number of nitrogens with one attached hydrogen (secondary N) is 1. The van der Waals surface area contributed by atoms with Gasteiger partial charge in [-0.25, -0.2) is 8.42 Å². The van der Waals surface area contributed by atoms with Gasteiger partial charge in [0.25, 0.3) is 5.91 Å². The molecule has 0 aliphatic carbocycles. The summed E-state index contributed by atoms with van der Waals surface area (Å²) in [4.78, 5) is 15.8. The second-order valence-electron chi connectivity index (χ2n) is 10.6. The highest BCUT2D eigenvalue weighted by Gasteiger charge is 2.28. The molecule has 0 radical (unpaired) electrons.